The normalized spacial score (nSPS) is 10.4. The number of likely N-dealkylation sites (N-methyl/N-ethyl adjacent to an activating group) is 1. The van der Waals surface area contributed by atoms with Gasteiger partial charge in [-0.25, -0.2) is 4.79 Å². The number of ether oxygens (including phenoxy) is 4. The topological polar surface area (TPSA) is 74.3 Å². The Morgan fingerprint density at radius 3 is 2.14 bits per heavy atom. The first-order valence-corrected chi connectivity index (χ1v) is 8.46. The van der Waals surface area contributed by atoms with Crippen molar-refractivity contribution < 1.29 is 28.5 Å². The second-order valence-corrected chi connectivity index (χ2v) is 5.68. The molecule has 2 aromatic carbocycles. The summed E-state index contributed by atoms with van der Waals surface area (Å²) in [4.78, 5) is 25.6. The van der Waals surface area contributed by atoms with Crippen LogP contribution in [0.15, 0.2) is 48.5 Å². The largest absolute Gasteiger partial charge is 0.496 e. The maximum atomic E-state index is 12.2. The smallest absolute Gasteiger partial charge is 0.331 e. The molecule has 148 valence electrons. The Labute approximate surface area is 164 Å². The third-order valence-corrected chi connectivity index (χ3v) is 3.99. The zero-order chi connectivity index (χ0) is 20.5. The lowest BCUT2D eigenvalue weighted by molar-refractivity contribution is -0.142. The van der Waals surface area contributed by atoms with Crippen LogP contribution in [0.1, 0.15) is 5.56 Å². The van der Waals surface area contributed by atoms with Crippen molar-refractivity contribution in [2.24, 2.45) is 0 Å². The first kappa shape index (κ1) is 20.8. The number of methoxy groups -OCH3 is 3. The van der Waals surface area contributed by atoms with Crippen molar-refractivity contribution >= 4 is 23.6 Å². The Bertz CT molecular complexity index is 847. The number of carbonyl (C=O) groups excluding carboxylic acids is 2. The number of rotatable bonds is 8. The van der Waals surface area contributed by atoms with Gasteiger partial charge in [-0.3, -0.25) is 4.79 Å². The molecule has 28 heavy (non-hydrogen) atoms. The number of nitrogens with zero attached hydrogens (tertiary/aromatic N) is 1. The molecule has 0 aliphatic heterocycles. The van der Waals surface area contributed by atoms with Crippen LogP contribution in [0.3, 0.4) is 0 Å². The summed E-state index contributed by atoms with van der Waals surface area (Å²) < 4.78 is 20.8. The highest BCUT2D eigenvalue weighted by Gasteiger charge is 2.13. The molecule has 0 bridgehead atoms. The highest BCUT2D eigenvalue weighted by molar-refractivity contribution is 5.96. The molecule has 0 atom stereocenters. The Kier molecular flexibility index (Phi) is 7.45. The first-order chi connectivity index (χ1) is 13.5. The highest BCUT2D eigenvalue weighted by Crippen LogP contribution is 2.35. The second kappa shape index (κ2) is 10.0. The minimum atomic E-state index is -0.647. The Morgan fingerprint density at radius 1 is 0.929 bits per heavy atom. The number of hydrogen-bond donors (Lipinski definition) is 0. The summed E-state index contributed by atoms with van der Waals surface area (Å²) in [6.07, 6.45) is 2.74. The molecule has 1 amide bonds. The van der Waals surface area contributed by atoms with Crippen molar-refractivity contribution in [3.05, 3.63) is 54.1 Å². The number of hydrogen-bond acceptors (Lipinski definition) is 6. The van der Waals surface area contributed by atoms with Gasteiger partial charge in [0.15, 0.2) is 18.1 Å². The highest BCUT2D eigenvalue weighted by atomic mass is 16.5. The number of benzene rings is 2. The van der Waals surface area contributed by atoms with E-state index in [9.17, 15) is 9.59 Å². The van der Waals surface area contributed by atoms with E-state index >= 15 is 0 Å². The minimum absolute atomic E-state index is 0.336. The van der Waals surface area contributed by atoms with Gasteiger partial charge in [0, 0.05) is 30.4 Å². The van der Waals surface area contributed by atoms with Crippen LogP contribution in [-0.2, 0) is 14.3 Å². The first-order valence-electron chi connectivity index (χ1n) is 8.46. The van der Waals surface area contributed by atoms with Crippen LogP contribution < -0.4 is 19.1 Å². The molecule has 0 aromatic heterocycles. The summed E-state index contributed by atoms with van der Waals surface area (Å²) in [6.45, 7) is -0.363. The maximum absolute atomic E-state index is 12.2. The van der Waals surface area contributed by atoms with Gasteiger partial charge >= 0.3 is 5.97 Å². The lowest BCUT2D eigenvalue weighted by atomic mass is 10.1. The predicted molar refractivity (Wildman–Crippen MR) is 106 cm³/mol. The van der Waals surface area contributed by atoms with Gasteiger partial charge in [-0.2, -0.15) is 0 Å². The van der Waals surface area contributed by atoms with E-state index in [0.717, 1.165) is 0 Å². The Hall–Kier alpha value is -3.48. The van der Waals surface area contributed by atoms with Gasteiger partial charge in [0.25, 0.3) is 5.91 Å². The molecule has 2 aromatic rings. The molecule has 0 saturated heterocycles. The van der Waals surface area contributed by atoms with E-state index < -0.39 is 5.97 Å². The summed E-state index contributed by atoms with van der Waals surface area (Å²) in [7, 11) is 6.17. The lowest BCUT2D eigenvalue weighted by Gasteiger charge is -2.16. The van der Waals surface area contributed by atoms with Gasteiger partial charge in [0.2, 0.25) is 0 Å². The van der Waals surface area contributed by atoms with Crippen molar-refractivity contribution in [2.45, 2.75) is 0 Å². The standard InChI is InChI=1S/C21H23NO6/c1-22(16-8-6-5-7-9-16)20(23)14-28-21(24)11-10-15-12-18(26-3)19(27-4)13-17(15)25-2/h5-13H,14H2,1-4H3/b11-10+. The van der Waals surface area contributed by atoms with Crippen LogP contribution in [0.5, 0.6) is 17.2 Å². The number of anilines is 1. The predicted octanol–water partition coefficient (Wildman–Crippen LogP) is 2.93. The van der Waals surface area contributed by atoms with E-state index in [0.29, 0.717) is 28.5 Å². The monoisotopic (exact) mass is 385 g/mol. The van der Waals surface area contributed by atoms with Gasteiger partial charge in [-0.15, -0.1) is 0 Å². The molecule has 0 unspecified atom stereocenters. The molecule has 0 heterocycles. The number of para-hydroxylation sites is 1. The maximum Gasteiger partial charge on any atom is 0.331 e. The lowest BCUT2D eigenvalue weighted by Crippen LogP contribution is -2.30. The molecule has 0 aliphatic rings. The molecule has 2 rings (SSSR count). The summed E-state index contributed by atoms with van der Waals surface area (Å²) in [5, 5.41) is 0. The van der Waals surface area contributed by atoms with Crippen LogP contribution in [0.4, 0.5) is 5.69 Å². The number of carbonyl (C=O) groups is 2. The van der Waals surface area contributed by atoms with Gasteiger partial charge in [-0.05, 0) is 24.3 Å². The quantitative estimate of drug-likeness (QED) is 0.514. The summed E-state index contributed by atoms with van der Waals surface area (Å²) in [6, 6.07) is 12.4. The minimum Gasteiger partial charge on any atom is -0.496 e. The third kappa shape index (κ3) is 5.26. The number of amides is 1. The molecule has 7 heteroatoms. The van der Waals surface area contributed by atoms with E-state index in [-0.39, 0.29) is 12.5 Å². The van der Waals surface area contributed by atoms with Crippen molar-refractivity contribution in [2.75, 3.05) is 39.9 Å². The summed E-state index contributed by atoms with van der Waals surface area (Å²) in [5.74, 6) is 0.523. The van der Waals surface area contributed by atoms with E-state index in [2.05, 4.69) is 0 Å². The van der Waals surface area contributed by atoms with Crippen molar-refractivity contribution in [1.29, 1.82) is 0 Å². The van der Waals surface area contributed by atoms with Crippen LogP contribution in [0.25, 0.3) is 6.08 Å². The van der Waals surface area contributed by atoms with Gasteiger partial charge in [-0.1, -0.05) is 18.2 Å². The molecule has 0 saturated carbocycles. The molecular weight excluding hydrogens is 362 g/mol. The number of esters is 1. The van der Waals surface area contributed by atoms with E-state index in [4.69, 9.17) is 18.9 Å². The zero-order valence-corrected chi connectivity index (χ0v) is 16.3. The third-order valence-electron chi connectivity index (χ3n) is 3.99. The molecule has 0 N–H and O–H groups in total. The SMILES string of the molecule is COc1cc(OC)c(OC)cc1/C=C/C(=O)OCC(=O)N(C)c1ccccc1. The summed E-state index contributed by atoms with van der Waals surface area (Å²) in [5.41, 5.74) is 1.32. The summed E-state index contributed by atoms with van der Waals surface area (Å²) >= 11 is 0. The van der Waals surface area contributed by atoms with Gasteiger partial charge < -0.3 is 23.8 Å². The van der Waals surface area contributed by atoms with Gasteiger partial charge in [0.1, 0.15) is 5.75 Å². The Balaban J connectivity index is 2.01. The van der Waals surface area contributed by atoms with Crippen molar-refractivity contribution in [3.63, 3.8) is 0 Å². The molecule has 0 spiro atoms. The van der Waals surface area contributed by atoms with Crippen LogP contribution >= 0.6 is 0 Å². The fraction of sp³-hybridized carbons (Fsp3) is 0.238. The van der Waals surface area contributed by atoms with E-state index in [1.807, 2.05) is 18.2 Å². The molecular formula is C21H23NO6. The average Bonchev–Trinajstić information content (AvgIpc) is 2.75. The fourth-order valence-electron chi connectivity index (χ4n) is 2.41. The van der Waals surface area contributed by atoms with E-state index in [1.54, 1.807) is 31.3 Å². The van der Waals surface area contributed by atoms with Gasteiger partial charge in [0.05, 0.1) is 21.3 Å². The van der Waals surface area contributed by atoms with Crippen molar-refractivity contribution in [3.8, 4) is 17.2 Å². The second-order valence-electron chi connectivity index (χ2n) is 5.68. The fourth-order valence-corrected chi connectivity index (χ4v) is 2.41. The molecule has 0 aliphatic carbocycles. The molecule has 0 fully saturated rings. The van der Waals surface area contributed by atoms with E-state index in [1.165, 1.54) is 38.4 Å². The van der Waals surface area contributed by atoms with Crippen molar-refractivity contribution in [1.82, 2.24) is 0 Å². The molecule has 0 radical (unpaired) electrons. The van der Waals surface area contributed by atoms with Crippen LogP contribution in [-0.4, -0.2) is 46.9 Å². The van der Waals surface area contributed by atoms with Crippen LogP contribution in [0, 0.1) is 0 Å². The average molecular weight is 385 g/mol. The Morgan fingerprint density at radius 2 is 1.54 bits per heavy atom. The van der Waals surface area contributed by atoms with Crippen LogP contribution in [0.2, 0.25) is 0 Å². The molecule has 7 nitrogen and oxygen atoms in total. The zero-order valence-electron chi connectivity index (χ0n) is 16.3.